The van der Waals surface area contributed by atoms with Crippen LogP contribution in [0.3, 0.4) is 0 Å². The number of nitrogens with zero attached hydrogens (tertiary/aromatic N) is 2. The molecule has 6 heteroatoms. The Morgan fingerprint density at radius 3 is 2.55 bits per heavy atom. The highest BCUT2D eigenvalue weighted by molar-refractivity contribution is 7.90. The molecule has 0 aliphatic carbocycles. The lowest BCUT2D eigenvalue weighted by Gasteiger charge is -2.19. The summed E-state index contributed by atoms with van der Waals surface area (Å²) >= 11 is 0. The maximum Gasteiger partial charge on any atom is 0.149 e. The quantitative estimate of drug-likeness (QED) is 0.782. The molecule has 0 aliphatic rings. The molecule has 1 N–H and O–H groups in total. The summed E-state index contributed by atoms with van der Waals surface area (Å²) in [4.78, 5) is 6.46. The van der Waals surface area contributed by atoms with E-state index in [2.05, 4.69) is 30.2 Å². The van der Waals surface area contributed by atoms with Gasteiger partial charge in [0.2, 0.25) is 0 Å². The molecule has 1 aromatic rings. The lowest BCUT2D eigenvalue weighted by atomic mass is 10.2. The Hall–Kier alpha value is -1.14. The van der Waals surface area contributed by atoms with Crippen LogP contribution in [0.4, 0.5) is 5.82 Å². The number of hydrogen-bond acceptors (Lipinski definition) is 5. The van der Waals surface area contributed by atoms with E-state index in [0.717, 1.165) is 31.0 Å². The fraction of sp³-hybridized carbons (Fsp3) is 0.643. The van der Waals surface area contributed by atoms with Crippen molar-refractivity contribution in [3.05, 3.63) is 23.4 Å². The van der Waals surface area contributed by atoms with Gasteiger partial charge in [-0.05, 0) is 30.7 Å². The fourth-order valence-electron chi connectivity index (χ4n) is 1.80. The Labute approximate surface area is 122 Å². The Morgan fingerprint density at radius 2 is 2.00 bits per heavy atom. The van der Waals surface area contributed by atoms with Crippen molar-refractivity contribution in [1.29, 1.82) is 0 Å². The third-order valence-corrected chi connectivity index (χ3v) is 3.98. The molecule has 1 aromatic heterocycles. The highest BCUT2D eigenvalue weighted by Gasteiger charge is 2.09. The van der Waals surface area contributed by atoms with Gasteiger partial charge in [-0.1, -0.05) is 13.8 Å². The maximum atomic E-state index is 11.2. The van der Waals surface area contributed by atoms with Gasteiger partial charge < -0.3 is 10.2 Å². The summed E-state index contributed by atoms with van der Waals surface area (Å²) in [7, 11) is -1.07. The molecule has 0 aliphatic heterocycles. The van der Waals surface area contributed by atoms with E-state index in [1.807, 2.05) is 18.0 Å². The molecule has 0 fully saturated rings. The average molecular weight is 299 g/mol. The largest absolute Gasteiger partial charge is 0.359 e. The Balaban J connectivity index is 2.86. The Bertz CT molecular complexity index is 529. The first kappa shape index (κ1) is 16.9. The number of rotatable bonds is 8. The summed E-state index contributed by atoms with van der Waals surface area (Å²) < 4.78 is 22.5. The van der Waals surface area contributed by atoms with Crippen molar-refractivity contribution in [2.45, 2.75) is 26.8 Å². The second-order valence-electron chi connectivity index (χ2n) is 5.01. The number of pyridine rings is 1. The number of anilines is 1. The summed E-state index contributed by atoms with van der Waals surface area (Å²) in [5.74, 6) is 0.977. The summed E-state index contributed by atoms with van der Waals surface area (Å²) in [6.07, 6.45) is 2.13. The number of sulfone groups is 1. The first-order valence-corrected chi connectivity index (χ1v) is 9.01. The molecule has 114 valence electrons. The van der Waals surface area contributed by atoms with Gasteiger partial charge in [0.05, 0.1) is 5.75 Å². The molecule has 0 spiro atoms. The third-order valence-electron chi connectivity index (χ3n) is 3.05. The van der Waals surface area contributed by atoms with Crippen LogP contribution in [-0.2, 0) is 22.8 Å². The molecule has 0 amide bonds. The summed E-state index contributed by atoms with van der Waals surface area (Å²) in [6.45, 7) is 6.32. The maximum absolute atomic E-state index is 11.2. The van der Waals surface area contributed by atoms with E-state index in [0.29, 0.717) is 6.54 Å². The molecule has 20 heavy (non-hydrogen) atoms. The van der Waals surface area contributed by atoms with Crippen LogP contribution in [0.25, 0.3) is 0 Å². The zero-order chi connectivity index (χ0) is 15.2. The number of aryl methyl sites for hydroxylation is 1. The van der Waals surface area contributed by atoms with E-state index < -0.39 is 9.84 Å². The molecule has 1 heterocycles. The second-order valence-corrected chi connectivity index (χ2v) is 7.27. The van der Waals surface area contributed by atoms with Gasteiger partial charge in [0, 0.05) is 32.1 Å². The summed E-state index contributed by atoms with van der Waals surface area (Å²) in [5, 5.41) is 3.30. The van der Waals surface area contributed by atoms with Gasteiger partial charge in [-0.15, -0.1) is 0 Å². The highest BCUT2D eigenvalue weighted by Crippen LogP contribution is 2.15. The molecule has 0 aromatic carbocycles. The van der Waals surface area contributed by atoms with Crippen LogP contribution in [0.15, 0.2) is 12.1 Å². The van der Waals surface area contributed by atoms with Crippen LogP contribution < -0.4 is 10.2 Å². The lowest BCUT2D eigenvalue weighted by Crippen LogP contribution is -2.26. The van der Waals surface area contributed by atoms with Crippen molar-refractivity contribution in [2.24, 2.45) is 0 Å². The normalized spacial score (nSPS) is 11.6. The lowest BCUT2D eigenvalue weighted by molar-refractivity contribution is 0.601. The van der Waals surface area contributed by atoms with Crippen molar-refractivity contribution in [1.82, 2.24) is 10.3 Å². The van der Waals surface area contributed by atoms with Crippen LogP contribution in [0.5, 0.6) is 0 Å². The molecule has 0 bridgehead atoms. The van der Waals surface area contributed by atoms with Gasteiger partial charge in [0.1, 0.15) is 15.7 Å². The summed E-state index contributed by atoms with van der Waals surface area (Å²) in [5.41, 5.74) is 2.21. The Morgan fingerprint density at radius 1 is 1.30 bits per heavy atom. The fourth-order valence-corrected chi connectivity index (χ4v) is 2.40. The van der Waals surface area contributed by atoms with Gasteiger partial charge in [-0.3, -0.25) is 0 Å². The minimum Gasteiger partial charge on any atom is -0.359 e. The highest BCUT2D eigenvalue weighted by atomic mass is 32.2. The smallest absolute Gasteiger partial charge is 0.149 e. The standard InChI is InChI=1S/C14H25N3O2S/c1-5-13-9-12(11-15-6-2)10-14(16-13)17(3)7-8-20(4,18)19/h9-10,15H,5-8,11H2,1-4H3. The van der Waals surface area contributed by atoms with Crippen molar-refractivity contribution in [2.75, 3.05) is 37.0 Å². The Kier molecular flexibility index (Phi) is 6.42. The molecule has 0 saturated heterocycles. The van der Waals surface area contributed by atoms with Crippen LogP contribution in [-0.4, -0.2) is 45.5 Å². The van der Waals surface area contributed by atoms with Crippen molar-refractivity contribution in [3.8, 4) is 0 Å². The summed E-state index contributed by atoms with van der Waals surface area (Å²) in [6, 6.07) is 4.11. The first-order chi connectivity index (χ1) is 9.35. The van der Waals surface area contributed by atoms with Crippen LogP contribution in [0, 0.1) is 0 Å². The molecule has 1 rings (SSSR count). The van der Waals surface area contributed by atoms with Crippen LogP contribution >= 0.6 is 0 Å². The van der Waals surface area contributed by atoms with E-state index in [4.69, 9.17) is 0 Å². The molecule has 0 unspecified atom stereocenters. The van der Waals surface area contributed by atoms with E-state index >= 15 is 0 Å². The van der Waals surface area contributed by atoms with Crippen LogP contribution in [0.1, 0.15) is 25.1 Å². The average Bonchev–Trinajstić information content (AvgIpc) is 2.41. The van der Waals surface area contributed by atoms with E-state index in [-0.39, 0.29) is 5.75 Å². The predicted octanol–water partition coefficient (Wildman–Crippen LogP) is 1.23. The topological polar surface area (TPSA) is 62.3 Å². The minimum absolute atomic E-state index is 0.143. The minimum atomic E-state index is -2.95. The second kappa shape index (κ2) is 7.59. The third kappa shape index (κ3) is 5.88. The van der Waals surface area contributed by atoms with Crippen molar-refractivity contribution >= 4 is 15.7 Å². The van der Waals surface area contributed by atoms with E-state index in [1.165, 1.54) is 11.8 Å². The zero-order valence-electron chi connectivity index (χ0n) is 12.8. The zero-order valence-corrected chi connectivity index (χ0v) is 13.6. The predicted molar refractivity (Wildman–Crippen MR) is 84.0 cm³/mol. The van der Waals surface area contributed by atoms with Crippen molar-refractivity contribution in [3.63, 3.8) is 0 Å². The monoisotopic (exact) mass is 299 g/mol. The van der Waals surface area contributed by atoms with Gasteiger partial charge in [-0.25, -0.2) is 13.4 Å². The SMILES string of the molecule is CCNCc1cc(CC)nc(N(C)CCS(C)(=O)=O)c1. The van der Waals surface area contributed by atoms with Gasteiger partial charge in [-0.2, -0.15) is 0 Å². The number of aromatic nitrogens is 1. The van der Waals surface area contributed by atoms with Gasteiger partial charge in [0.25, 0.3) is 0 Å². The van der Waals surface area contributed by atoms with E-state index in [1.54, 1.807) is 0 Å². The molecular formula is C14H25N3O2S. The molecule has 0 atom stereocenters. The van der Waals surface area contributed by atoms with E-state index in [9.17, 15) is 8.42 Å². The van der Waals surface area contributed by atoms with Crippen LogP contribution in [0.2, 0.25) is 0 Å². The first-order valence-electron chi connectivity index (χ1n) is 6.95. The van der Waals surface area contributed by atoms with Gasteiger partial charge >= 0.3 is 0 Å². The number of nitrogens with one attached hydrogen (secondary N) is 1. The molecular weight excluding hydrogens is 274 g/mol. The van der Waals surface area contributed by atoms with Gasteiger partial charge in [0.15, 0.2) is 0 Å². The van der Waals surface area contributed by atoms with Crippen molar-refractivity contribution < 1.29 is 8.42 Å². The molecule has 0 radical (unpaired) electrons. The molecule has 5 nitrogen and oxygen atoms in total. The molecule has 0 saturated carbocycles. The number of hydrogen-bond donors (Lipinski definition) is 1.